The van der Waals surface area contributed by atoms with Gasteiger partial charge in [0, 0.05) is 5.56 Å². The third-order valence-electron chi connectivity index (χ3n) is 3.96. The number of nitro benzene ring substituents is 1. The molecule has 0 bridgehead atoms. The molecule has 2 aromatic carbocycles. The molecule has 2 aliphatic heterocycles. The molecule has 0 spiro atoms. The first-order chi connectivity index (χ1) is 12.6. The summed E-state index contributed by atoms with van der Waals surface area (Å²) in [6.45, 7) is 0.896. The quantitative estimate of drug-likeness (QED) is 0.360. The molecule has 0 radical (unpaired) electrons. The van der Waals surface area contributed by atoms with Crippen molar-refractivity contribution < 1.29 is 28.7 Å². The van der Waals surface area contributed by atoms with E-state index in [-0.39, 0.29) is 23.8 Å². The summed E-state index contributed by atoms with van der Waals surface area (Å²) in [6, 6.07) is 7.65. The smallest absolute Gasteiger partial charge is 0.280 e. The summed E-state index contributed by atoms with van der Waals surface area (Å²) in [5.74, 6) is 1.50. The van der Waals surface area contributed by atoms with E-state index in [1.807, 2.05) is 0 Å². The molecule has 132 valence electrons. The molecule has 2 heterocycles. The molecule has 0 unspecified atom stereocenters. The van der Waals surface area contributed by atoms with Gasteiger partial charge in [0.05, 0.1) is 16.6 Å². The standard InChI is InChI=1S/C18H13NO7/c20-14(12-2-4-15-16(8-12)24-6-5-23-15)3-1-11-7-17-18(26-10-25-17)9-13(11)19(21)22/h1-4,7-9H,5-6,10H2/b3-1+. The first kappa shape index (κ1) is 15.9. The minimum atomic E-state index is -0.532. The fourth-order valence-electron chi connectivity index (χ4n) is 2.70. The normalized spacial score (nSPS) is 14.5. The third-order valence-corrected chi connectivity index (χ3v) is 3.96. The Kier molecular flexibility index (Phi) is 3.92. The van der Waals surface area contributed by atoms with Gasteiger partial charge in [0.15, 0.2) is 28.8 Å². The highest BCUT2D eigenvalue weighted by Gasteiger charge is 2.22. The number of nitrogens with zero attached hydrogens (tertiary/aromatic N) is 1. The number of fused-ring (bicyclic) bond motifs is 2. The maximum atomic E-state index is 12.4. The van der Waals surface area contributed by atoms with Gasteiger partial charge in [-0.3, -0.25) is 14.9 Å². The average Bonchev–Trinajstić information content (AvgIpc) is 3.12. The molecule has 0 fully saturated rings. The number of ketones is 1. The largest absolute Gasteiger partial charge is 0.486 e. The third kappa shape index (κ3) is 2.92. The number of hydrogen-bond donors (Lipinski definition) is 0. The number of nitro groups is 1. The molecule has 0 aliphatic carbocycles. The van der Waals surface area contributed by atoms with Crippen LogP contribution in [0.2, 0.25) is 0 Å². The van der Waals surface area contributed by atoms with Gasteiger partial charge < -0.3 is 18.9 Å². The number of carbonyl (C=O) groups excluding carboxylic acids is 1. The summed E-state index contributed by atoms with van der Waals surface area (Å²) < 4.78 is 21.3. The van der Waals surface area contributed by atoms with E-state index in [0.29, 0.717) is 41.8 Å². The van der Waals surface area contributed by atoms with Crippen molar-refractivity contribution in [1.29, 1.82) is 0 Å². The number of allylic oxidation sites excluding steroid dienone is 1. The van der Waals surface area contributed by atoms with Crippen molar-refractivity contribution in [3.8, 4) is 23.0 Å². The van der Waals surface area contributed by atoms with Crippen LogP contribution in [0.15, 0.2) is 36.4 Å². The van der Waals surface area contributed by atoms with Gasteiger partial charge in [0.25, 0.3) is 5.69 Å². The molecule has 2 aromatic rings. The fraction of sp³-hybridized carbons (Fsp3) is 0.167. The first-order valence-corrected chi connectivity index (χ1v) is 7.82. The Hall–Kier alpha value is -3.55. The van der Waals surface area contributed by atoms with Gasteiger partial charge in [-0.15, -0.1) is 0 Å². The predicted molar refractivity (Wildman–Crippen MR) is 90.0 cm³/mol. The van der Waals surface area contributed by atoms with Crippen LogP contribution in [0.3, 0.4) is 0 Å². The molecule has 0 amide bonds. The summed E-state index contributed by atoms with van der Waals surface area (Å²) in [7, 11) is 0. The van der Waals surface area contributed by atoms with Gasteiger partial charge in [-0.05, 0) is 36.4 Å². The van der Waals surface area contributed by atoms with E-state index >= 15 is 0 Å². The van der Waals surface area contributed by atoms with E-state index in [4.69, 9.17) is 18.9 Å². The molecule has 0 N–H and O–H groups in total. The van der Waals surface area contributed by atoms with E-state index in [1.165, 1.54) is 24.3 Å². The SMILES string of the molecule is O=C(/C=C/c1cc2c(cc1[N+](=O)[O-])OCO2)c1ccc2c(c1)OCCO2. The Morgan fingerprint density at radius 1 is 0.962 bits per heavy atom. The van der Waals surface area contributed by atoms with Gasteiger partial charge in [-0.1, -0.05) is 0 Å². The Bertz CT molecular complexity index is 935. The Balaban J connectivity index is 1.62. The number of carbonyl (C=O) groups is 1. The van der Waals surface area contributed by atoms with Gasteiger partial charge in [-0.2, -0.15) is 0 Å². The van der Waals surface area contributed by atoms with Crippen LogP contribution in [0.4, 0.5) is 5.69 Å². The topological polar surface area (TPSA) is 97.1 Å². The monoisotopic (exact) mass is 355 g/mol. The molecular formula is C18H13NO7. The van der Waals surface area contributed by atoms with Crippen molar-refractivity contribution in [3.63, 3.8) is 0 Å². The molecule has 4 rings (SSSR count). The van der Waals surface area contributed by atoms with E-state index in [9.17, 15) is 14.9 Å². The summed E-state index contributed by atoms with van der Waals surface area (Å²) >= 11 is 0. The van der Waals surface area contributed by atoms with E-state index in [0.717, 1.165) is 0 Å². The van der Waals surface area contributed by atoms with Crippen LogP contribution < -0.4 is 18.9 Å². The van der Waals surface area contributed by atoms with Crippen LogP contribution in [-0.4, -0.2) is 30.7 Å². The van der Waals surface area contributed by atoms with Crippen LogP contribution in [0.1, 0.15) is 15.9 Å². The first-order valence-electron chi connectivity index (χ1n) is 7.82. The number of rotatable bonds is 4. The highest BCUT2D eigenvalue weighted by atomic mass is 16.7. The second-order valence-electron chi connectivity index (χ2n) is 5.58. The molecule has 2 aliphatic rings. The molecule has 0 saturated heterocycles. The number of hydrogen-bond acceptors (Lipinski definition) is 7. The minimum Gasteiger partial charge on any atom is -0.486 e. The number of benzene rings is 2. The zero-order valence-electron chi connectivity index (χ0n) is 13.5. The molecule has 8 heteroatoms. The van der Waals surface area contributed by atoms with Crippen molar-refractivity contribution in [2.75, 3.05) is 20.0 Å². The van der Waals surface area contributed by atoms with Crippen molar-refractivity contribution in [1.82, 2.24) is 0 Å². The number of ether oxygens (including phenoxy) is 4. The zero-order chi connectivity index (χ0) is 18.1. The Morgan fingerprint density at radius 2 is 1.65 bits per heavy atom. The molecule has 0 atom stereocenters. The van der Waals surface area contributed by atoms with Crippen molar-refractivity contribution in [3.05, 3.63) is 57.6 Å². The van der Waals surface area contributed by atoms with Crippen LogP contribution in [0, 0.1) is 10.1 Å². The second kappa shape index (κ2) is 6.40. The highest BCUT2D eigenvalue weighted by Crippen LogP contribution is 2.38. The molecule has 0 aromatic heterocycles. The lowest BCUT2D eigenvalue weighted by molar-refractivity contribution is -0.385. The van der Waals surface area contributed by atoms with Crippen LogP contribution in [0.25, 0.3) is 6.08 Å². The van der Waals surface area contributed by atoms with Crippen LogP contribution in [0.5, 0.6) is 23.0 Å². The second-order valence-corrected chi connectivity index (χ2v) is 5.58. The van der Waals surface area contributed by atoms with Gasteiger partial charge in [0.1, 0.15) is 13.2 Å². The van der Waals surface area contributed by atoms with Gasteiger partial charge in [-0.25, -0.2) is 0 Å². The van der Waals surface area contributed by atoms with E-state index in [1.54, 1.807) is 18.2 Å². The van der Waals surface area contributed by atoms with Crippen molar-refractivity contribution in [2.24, 2.45) is 0 Å². The Morgan fingerprint density at radius 3 is 2.42 bits per heavy atom. The van der Waals surface area contributed by atoms with E-state index in [2.05, 4.69) is 0 Å². The zero-order valence-corrected chi connectivity index (χ0v) is 13.5. The highest BCUT2D eigenvalue weighted by molar-refractivity contribution is 6.07. The predicted octanol–water partition coefficient (Wildman–Crippen LogP) is 2.99. The maximum absolute atomic E-state index is 12.4. The molecule has 0 saturated carbocycles. The summed E-state index contributed by atoms with van der Waals surface area (Å²) in [5.41, 5.74) is 0.486. The molecule has 8 nitrogen and oxygen atoms in total. The lowest BCUT2D eigenvalue weighted by Crippen LogP contribution is -2.15. The molecule has 26 heavy (non-hydrogen) atoms. The minimum absolute atomic E-state index is 0.00970. The van der Waals surface area contributed by atoms with Crippen molar-refractivity contribution >= 4 is 17.5 Å². The lowest BCUT2D eigenvalue weighted by Gasteiger charge is -2.18. The Labute approximate surface area is 147 Å². The van der Waals surface area contributed by atoms with Gasteiger partial charge >= 0.3 is 0 Å². The van der Waals surface area contributed by atoms with Crippen LogP contribution in [-0.2, 0) is 0 Å². The van der Waals surface area contributed by atoms with Crippen molar-refractivity contribution in [2.45, 2.75) is 0 Å². The lowest BCUT2D eigenvalue weighted by atomic mass is 10.1. The van der Waals surface area contributed by atoms with Gasteiger partial charge in [0.2, 0.25) is 6.79 Å². The summed E-state index contributed by atoms with van der Waals surface area (Å²) in [5, 5.41) is 11.3. The van der Waals surface area contributed by atoms with Crippen LogP contribution >= 0.6 is 0 Å². The fourth-order valence-corrected chi connectivity index (χ4v) is 2.70. The maximum Gasteiger partial charge on any atom is 0.280 e. The van der Waals surface area contributed by atoms with E-state index < -0.39 is 4.92 Å². The summed E-state index contributed by atoms with van der Waals surface area (Å²) in [6.07, 6.45) is 2.66. The average molecular weight is 355 g/mol. The summed E-state index contributed by atoms with van der Waals surface area (Å²) in [4.78, 5) is 23.1. The molecular weight excluding hydrogens is 342 g/mol.